The van der Waals surface area contributed by atoms with Gasteiger partial charge in [-0.3, -0.25) is 0 Å². The van der Waals surface area contributed by atoms with Crippen LogP contribution in [0.5, 0.6) is 0 Å². The third-order valence-electron chi connectivity index (χ3n) is 3.56. The average Bonchev–Trinajstić information content (AvgIpc) is 2.98. The lowest BCUT2D eigenvalue weighted by Crippen LogP contribution is -2.40. The molecule has 1 aromatic carbocycles. The molecule has 1 aromatic heterocycles. The van der Waals surface area contributed by atoms with Crippen molar-refractivity contribution in [2.45, 2.75) is 27.2 Å². The Morgan fingerprint density at radius 2 is 1.91 bits per heavy atom. The van der Waals surface area contributed by atoms with Crippen LogP contribution in [-0.2, 0) is 6.42 Å². The van der Waals surface area contributed by atoms with E-state index in [2.05, 4.69) is 46.9 Å². The van der Waals surface area contributed by atoms with Crippen LogP contribution >= 0.6 is 11.3 Å². The molecule has 1 heterocycles. The van der Waals surface area contributed by atoms with Crippen molar-refractivity contribution in [2.24, 2.45) is 0 Å². The summed E-state index contributed by atoms with van der Waals surface area (Å²) >= 11 is 1.65. The van der Waals surface area contributed by atoms with E-state index in [4.69, 9.17) is 0 Å². The molecular formula is C17H23N3OS. The number of rotatable bonds is 6. The van der Waals surface area contributed by atoms with Gasteiger partial charge in [0.25, 0.3) is 0 Å². The van der Waals surface area contributed by atoms with Crippen molar-refractivity contribution in [3.63, 3.8) is 0 Å². The maximum atomic E-state index is 11.9. The smallest absolute Gasteiger partial charge is 0.317 e. The van der Waals surface area contributed by atoms with Crippen molar-refractivity contribution < 1.29 is 4.79 Å². The number of thiazole rings is 1. The van der Waals surface area contributed by atoms with Crippen LogP contribution in [0.4, 0.5) is 4.79 Å². The maximum absolute atomic E-state index is 11.9. The molecule has 2 aromatic rings. The summed E-state index contributed by atoms with van der Waals surface area (Å²) in [6.07, 6.45) is 0.759. The van der Waals surface area contributed by atoms with Crippen molar-refractivity contribution in [3.05, 3.63) is 40.9 Å². The fourth-order valence-electron chi connectivity index (χ4n) is 2.17. The zero-order chi connectivity index (χ0) is 15.9. The summed E-state index contributed by atoms with van der Waals surface area (Å²) in [5.41, 5.74) is 3.43. The van der Waals surface area contributed by atoms with Crippen molar-refractivity contribution in [3.8, 4) is 10.6 Å². The summed E-state index contributed by atoms with van der Waals surface area (Å²) in [7, 11) is 0. The topological polar surface area (TPSA) is 45.2 Å². The van der Waals surface area contributed by atoms with Gasteiger partial charge in [0, 0.05) is 37.0 Å². The lowest BCUT2D eigenvalue weighted by molar-refractivity contribution is 0.203. The van der Waals surface area contributed by atoms with Gasteiger partial charge in [-0.25, -0.2) is 9.78 Å². The molecule has 0 radical (unpaired) electrons. The number of aromatic nitrogens is 1. The number of benzene rings is 1. The Hall–Kier alpha value is -1.88. The lowest BCUT2D eigenvalue weighted by Gasteiger charge is -2.18. The Morgan fingerprint density at radius 1 is 1.23 bits per heavy atom. The fourth-order valence-corrected chi connectivity index (χ4v) is 3.03. The van der Waals surface area contributed by atoms with Gasteiger partial charge in [0.05, 0.1) is 5.69 Å². The van der Waals surface area contributed by atoms with E-state index >= 15 is 0 Å². The second-order valence-electron chi connectivity index (χ2n) is 5.16. The molecule has 0 aliphatic carbocycles. The second kappa shape index (κ2) is 7.94. The Bertz CT molecular complexity index is 603. The highest BCUT2D eigenvalue weighted by Crippen LogP contribution is 2.24. The zero-order valence-electron chi connectivity index (χ0n) is 13.4. The third kappa shape index (κ3) is 4.31. The molecule has 5 heteroatoms. The predicted molar refractivity (Wildman–Crippen MR) is 92.3 cm³/mol. The molecule has 22 heavy (non-hydrogen) atoms. The van der Waals surface area contributed by atoms with Crippen LogP contribution in [0.25, 0.3) is 10.6 Å². The van der Waals surface area contributed by atoms with Crippen LogP contribution < -0.4 is 5.32 Å². The van der Waals surface area contributed by atoms with Crippen molar-refractivity contribution >= 4 is 17.4 Å². The number of hydrogen-bond donors (Lipinski definition) is 1. The van der Waals surface area contributed by atoms with Gasteiger partial charge in [0.2, 0.25) is 0 Å². The van der Waals surface area contributed by atoms with E-state index < -0.39 is 0 Å². The molecule has 0 saturated heterocycles. The summed E-state index contributed by atoms with van der Waals surface area (Å²) in [6.45, 7) is 8.13. The van der Waals surface area contributed by atoms with Crippen LogP contribution in [0.2, 0.25) is 0 Å². The fraction of sp³-hybridized carbons (Fsp3) is 0.412. The minimum Gasteiger partial charge on any atom is -0.338 e. The largest absolute Gasteiger partial charge is 0.338 e. The number of carbonyl (C=O) groups is 1. The zero-order valence-corrected chi connectivity index (χ0v) is 14.2. The maximum Gasteiger partial charge on any atom is 0.317 e. The highest BCUT2D eigenvalue weighted by atomic mass is 32.1. The summed E-state index contributed by atoms with van der Waals surface area (Å²) in [6, 6.07) is 8.39. The summed E-state index contributed by atoms with van der Waals surface area (Å²) in [5.74, 6) is 0. The first-order valence-electron chi connectivity index (χ1n) is 7.68. The van der Waals surface area contributed by atoms with Crippen molar-refractivity contribution in [2.75, 3.05) is 19.6 Å². The third-order valence-corrected chi connectivity index (χ3v) is 4.50. The summed E-state index contributed by atoms with van der Waals surface area (Å²) in [5, 5.41) is 6.04. The highest BCUT2D eigenvalue weighted by Gasteiger charge is 2.09. The summed E-state index contributed by atoms with van der Waals surface area (Å²) < 4.78 is 0. The Balaban J connectivity index is 1.87. The van der Waals surface area contributed by atoms with E-state index in [1.165, 1.54) is 5.56 Å². The molecule has 0 saturated carbocycles. The summed E-state index contributed by atoms with van der Waals surface area (Å²) in [4.78, 5) is 18.3. The van der Waals surface area contributed by atoms with Crippen LogP contribution in [0.15, 0.2) is 29.6 Å². The normalized spacial score (nSPS) is 10.5. The van der Waals surface area contributed by atoms with E-state index in [1.54, 1.807) is 16.2 Å². The van der Waals surface area contributed by atoms with Crippen LogP contribution in [0, 0.1) is 6.92 Å². The van der Waals surface area contributed by atoms with Gasteiger partial charge < -0.3 is 10.2 Å². The molecule has 2 rings (SSSR count). The number of nitrogens with one attached hydrogen (secondary N) is 1. The van der Waals surface area contributed by atoms with Crippen molar-refractivity contribution in [1.82, 2.24) is 15.2 Å². The number of amides is 2. The molecule has 1 N–H and O–H groups in total. The van der Waals surface area contributed by atoms with Crippen LogP contribution in [-0.4, -0.2) is 35.5 Å². The molecule has 118 valence electrons. The van der Waals surface area contributed by atoms with Gasteiger partial charge >= 0.3 is 6.03 Å². The number of carbonyl (C=O) groups excluding carboxylic acids is 1. The molecule has 0 fully saturated rings. The molecule has 2 amide bonds. The van der Waals surface area contributed by atoms with E-state index in [9.17, 15) is 4.79 Å². The Labute approximate surface area is 136 Å². The number of hydrogen-bond acceptors (Lipinski definition) is 3. The van der Waals surface area contributed by atoms with Crippen molar-refractivity contribution in [1.29, 1.82) is 0 Å². The number of aryl methyl sites for hydroxylation is 1. The molecule has 0 spiro atoms. The Kier molecular flexibility index (Phi) is 5.95. The Morgan fingerprint density at radius 3 is 2.55 bits per heavy atom. The first kappa shape index (κ1) is 16.5. The van der Waals surface area contributed by atoms with E-state index in [1.807, 2.05) is 13.8 Å². The van der Waals surface area contributed by atoms with E-state index in [-0.39, 0.29) is 6.03 Å². The quantitative estimate of drug-likeness (QED) is 0.882. The average molecular weight is 317 g/mol. The highest BCUT2D eigenvalue weighted by molar-refractivity contribution is 7.13. The van der Waals surface area contributed by atoms with Crippen LogP contribution in [0.1, 0.15) is 25.1 Å². The number of urea groups is 1. The molecular weight excluding hydrogens is 294 g/mol. The first-order valence-corrected chi connectivity index (χ1v) is 8.56. The van der Waals surface area contributed by atoms with Gasteiger partial charge in [-0.05, 0) is 20.8 Å². The molecule has 0 atom stereocenters. The van der Waals surface area contributed by atoms with Gasteiger partial charge in [0.15, 0.2) is 0 Å². The standard InChI is InChI=1S/C17H23N3OS/c1-4-20(5-2)17(21)18-11-10-15-12-22-16(19-15)14-8-6-13(3)7-9-14/h6-9,12H,4-5,10-11H2,1-3H3,(H,18,21). The van der Waals surface area contributed by atoms with Gasteiger partial charge in [-0.15, -0.1) is 11.3 Å². The van der Waals surface area contributed by atoms with E-state index in [0.29, 0.717) is 6.54 Å². The van der Waals surface area contributed by atoms with Crippen LogP contribution in [0.3, 0.4) is 0 Å². The second-order valence-corrected chi connectivity index (χ2v) is 6.02. The monoisotopic (exact) mass is 317 g/mol. The molecule has 0 bridgehead atoms. The number of nitrogens with zero attached hydrogens (tertiary/aromatic N) is 2. The molecule has 0 aliphatic rings. The van der Waals surface area contributed by atoms with Gasteiger partial charge in [-0.2, -0.15) is 0 Å². The minimum atomic E-state index is -0.000937. The molecule has 4 nitrogen and oxygen atoms in total. The predicted octanol–water partition coefficient (Wildman–Crippen LogP) is 3.71. The minimum absolute atomic E-state index is 0.000937. The first-order chi connectivity index (χ1) is 10.6. The van der Waals surface area contributed by atoms with E-state index in [0.717, 1.165) is 35.8 Å². The van der Waals surface area contributed by atoms with Gasteiger partial charge in [0.1, 0.15) is 5.01 Å². The van der Waals surface area contributed by atoms with Gasteiger partial charge in [-0.1, -0.05) is 29.8 Å². The lowest BCUT2D eigenvalue weighted by atomic mass is 10.2. The molecule has 0 unspecified atom stereocenters. The SMILES string of the molecule is CCN(CC)C(=O)NCCc1csc(-c2ccc(C)cc2)n1. The molecule has 0 aliphatic heterocycles.